The van der Waals surface area contributed by atoms with Crippen LogP contribution in [0.1, 0.15) is 25.8 Å². The Balaban J connectivity index is 1.62. The Hall–Kier alpha value is -2.57. The molecule has 0 aliphatic carbocycles. The van der Waals surface area contributed by atoms with Crippen molar-refractivity contribution in [1.82, 2.24) is 15.2 Å². The molecule has 2 aromatic rings. The molecule has 2 heterocycles. The second-order valence-electron chi connectivity index (χ2n) is 5.16. The van der Waals surface area contributed by atoms with Gasteiger partial charge in [0.05, 0.1) is 6.20 Å². The van der Waals surface area contributed by atoms with Crippen LogP contribution in [0.3, 0.4) is 0 Å². The lowest BCUT2D eigenvalue weighted by Crippen LogP contribution is -2.16. The fourth-order valence-corrected chi connectivity index (χ4v) is 2.03. The van der Waals surface area contributed by atoms with Gasteiger partial charge in [-0.2, -0.15) is 10.1 Å². The quantitative estimate of drug-likeness (QED) is 0.848. The third kappa shape index (κ3) is 3.36. The van der Waals surface area contributed by atoms with E-state index in [1.807, 2.05) is 18.2 Å². The third-order valence-electron chi connectivity index (χ3n) is 3.45. The first-order valence-electron chi connectivity index (χ1n) is 7.33. The molecule has 0 fully saturated rings. The monoisotopic (exact) mass is 301 g/mol. The van der Waals surface area contributed by atoms with Crippen LogP contribution in [0, 0.1) is 0 Å². The lowest BCUT2D eigenvalue weighted by atomic mass is 10.2. The van der Waals surface area contributed by atoms with Gasteiger partial charge in [0.25, 0.3) is 0 Å². The van der Waals surface area contributed by atoms with Crippen molar-refractivity contribution < 1.29 is 9.47 Å². The molecule has 0 bridgehead atoms. The minimum absolute atomic E-state index is 0.280. The summed E-state index contributed by atoms with van der Waals surface area (Å²) in [6.45, 7) is 5.08. The van der Waals surface area contributed by atoms with Crippen LogP contribution in [0.15, 0.2) is 24.4 Å². The van der Waals surface area contributed by atoms with Gasteiger partial charge in [0, 0.05) is 12.6 Å². The normalized spacial score (nSPS) is 13.7. The Morgan fingerprint density at radius 2 is 2.14 bits per heavy atom. The summed E-state index contributed by atoms with van der Waals surface area (Å²) in [5.74, 6) is 2.76. The number of nitrogens with one attached hydrogen (secondary N) is 2. The van der Waals surface area contributed by atoms with Crippen LogP contribution < -0.4 is 20.1 Å². The maximum atomic E-state index is 5.36. The number of hydrogen-bond acceptors (Lipinski definition) is 7. The van der Waals surface area contributed by atoms with Gasteiger partial charge < -0.3 is 20.1 Å². The maximum absolute atomic E-state index is 5.36. The number of fused-ring (bicyclic) bond motifs is 1. The molecular weight excluding hydrogens is 282 g/mol. The molecule has 116 valence electrons. The van der Waals surface area contributed by atoms with Gasteiger partial charge in [-0.25, -0.2) is 0 Å². The van der Waals surface area contributed by atoms with Crippen molar-refractivity contribution in [1.29, 1.82) is 0 Å². The molecule has 7 nitrogen and oxygen atoms in total. The number of benzene rings is 1. The number of rotatable bonds is 6. The predicted molar refractivity (Wildman–Crippen MR) is 83.1 cm³/mol. The van der Waals surface area contributed by atoms with Crippen molar-refractivity contribution in [2.24, 2.45) is 0 Å². The molecule has 1 aliphatic rings. The largest absolute Gasteiger partial charge is 0.454 e. The molecule has 1 unspecified atom stereocenters. The van der Waals surface area contributed by atoms with Crippen molar-refractivity contribution in [2.45, 2.75) is 32.9 Å². The zero-order chi connectivity index (χ0) is 15.4. The average molecular weight is 301 g/mol. The summed E-state index contributed by atoms with van der Waals surface area (Å²) in [7, 11) is 0. The van der Waals surface area contributed by atoms with E-state index in [0.29, 0.717) is 18.5 Å². The molecular formula is C15H19N5O2. The molecule has 1 atom stereocenters. The lowest BCUT2D eigenvalue weighted by Gasteiger charge is -2.12. The van der Waals surface area contributed by atoms with Gasteiger partial charge in [-0.3, -0.25) is 0 Å². The highest BCUT2D eigenvalue weighted by atomic mass is 16.7. The van der Waals surface area contributed by atoms with Gasteiger partial charge >= 0.3 is 0 Å². The van der Waals surface area contributed by atoms with Crippen LogP contribution in [0.2, 0.25) is 0 Å². The van der Waals surface area contributed by atoms with E-state index in [1.165, 1.54) is 0 Å². The Morgan fingerprint density at radius 3 is 3.00 bits per heavy atom. The minimum Gasteiger partial charge on any atom is -0.454 e. The summed E-state index contributed by atoms with van der Waals surface area (Å²) < 4.78 is 10.7. The maximum Gasteiger partial charge on any atom is 0.244 e. The molecule has 3 rings (SSSR count). The Kier molecular flexibility index (Phi) is 4.22. The molecule has 0 radical (unpaired) electrons. The van der Waals surface area contributed by atoms with E-state index in [9.17, 15) is 0 Å². The summed E-state index contributed by atoms with van der Waals surface area (Å²) in [4.78, 5) is 4.40. The van der Waals surface area contributed by atoms with Crippen LogP contribution in [0.25, 0.3) is 0 Å². The van der Waals surface area contributed by atoms with Crippen molar-refractivity contribution in [2.75, 3.05) is 17.4 Å². The van der Waals surface area contributed by atoms with Crippen molar-refractivity contribution in [3.05, 3.63) is 30.0 Å². The fourth-order valence-electron chi connectivity index (χ4n) is 2.03. The molecule has 7 heteroatoms. The van der Waals surface area contributed by atoms with Gasteiger partial charge in [-0.1, -0.05) is 13.0 Å². The highest BCUT2D eigenvalue weighted by Gasteiger charge is 2.13. The number of ether oxygens (including phenoxy) is 2. The smallest absolute Gasteiger partial charge is 0.244 e. The number of aromatic nitrogens is 3. The van der Waals surface area contributed by atoms with Crippen LogP contribution in [-0.4, -0.2) is 28.0 Å². The second-order valence-corrected chi connectivity index (χ2v) is 5.16. The summed E-state index contributed by atoms with van der Waals surface area (Å²) in [6.07, 6.45) is 2.64. The first-order valence-corrected chi connectivity index (χ1v) is 7.33. The van der Waals surface area contributed by atoms with E-state index in [-0.39, 0.29) is 6.79 Å². The van der Waals surface area contributed by atoms with Gasteiger partial charge in [-0.15, -0.1) is 5.10 Å². The van der Waals surface area contributed by atoms with Crippen LogP contribution in [0.5, 0.6) is 11.5 Å². The van der Waals surface area contributed by atoms with E-state index in [0.717, 1.165) is 29.3 Å². The Bertz CT molecular complexity index is 650. The second kappa shape index (κ2) is 6.46. The van der Waals surface area contributed by atoms with Gasteiger partial charge in [0.1, 0.15) is 0 Å². The van der Waals surface area contributed by atoms with Crippen LogP contribution >= 0.6 is 0 Å². The number of anilines is 2. The van der Waals surface area contributed by atoms with E-state index < -0.39 is 0 Å². The SMILES string of the molecule is CCC(C)Nc1cnnc(NCc2ccc3c(c2)OCO3)n1. The van der Waals surface area contributed by atoms with Gasteiger partial charge in [-0.05, 0) is 31.0 Å². The third-order valence-corrected chi connectivity index (χ3v) is 3.45. The van der Waals surface area contributed by atoms with Crippen LogP contribution in [0.4, 0.5) is 11.8 Å². The van der Waals surface area contributed by atoms with E-state index in [1.54, 1.807) is 6.20 Å². The van der Waals surface area contributed by atoms with E-state index >= 15 is 0 Å². The molecule has 1 aromatic carbocycles. The average Bonchev–Trinajstić information content (AvgIpc) is 3.01. The Morgan fingerprint density at radius 1 is 1.27 bits per heavy atom. The molecule has 0 amide bonds. The molecule has 2 N–H and O–H groups in total. The van der Waals surface area contributed by atoms with Crippen molar-refractivity contribution in [3.63, 3.8) is 0 Å². The van der Waals surface area contributed by atoms with Crippen molar-refractivity contribution >= 4 is 11.8 Å². The summed E-state index contributed by atoms with van der Waals surface area (Å²) in [5, 5.41) is 14.4. The zero-order valence-corrected chi connectivity index (χ0v) is 12.7. The van der Waals surface area contributed by atoms with Crippen molar-refractivity contribution in [3.8, 4) is 11.5 Å². The number of hydrogen-bond donors (Lipinski definition) is 2. The highest BCUT2D eigenvalue weighted by molar-refractivity contribution is 5.45. The molecule has 0 spiro atoms. The first-order chi connectivity index (χ1) is 10.7. The molecule has 1 aliphatic heterocycles. The first kappa shape index (κ1) is 14.4. The summed E-state index contributed by atoms with van der Waals surface area (Å²) >= 11 is 0. The standard InChI is InChI=1S/C15H19N5O2/c1-3-10(2)18-14-8-17-20-15(19-14)16-7-11-4-5-12-13(6-11)22-9-21-12/h4-6,8,10H,3,7,9H2,1-2H3,(H2,16,18,19,20). The Labute approximate surface area is 129 Å². The van der Waals surface area contributed by atoms with Crippen LogP contribution in [-0.2, 0) is 6.54 Å². The summed E-state index contributed by atoms with van der Waals surface area (Å²) in [6, 6.07) is 6.18. The number of nitrogens with zero attached hydrogens (tertiary/aromatic N) is 3. The molecule has 0 saturated heterocycles. The predicted octanol–water partition coefficient (Wildman–Crippen LogP) is 2.42. The fraction of sp³-hybridized carbons (Fsp3) is 0.400. The molecule has 0 saturated carbocycles. The minimum atomic E-state index is 0.280. The molecule has 1 aromatic heterocycles. The van der Waals surface area contributed by atoms with E-state index in [2.05, 4.69) is 39.7 Å². The lowest BCUT2D eigenvalue weighted by molar-refractivity contribution is 0.174. The van der Waals surface area contributed by atoms with Gasteiger partial charge in [0.15, 0.2) is 17.3 Å². The summed E-state index contributed by atoms with van der Waals surface area (Å²) in [5.41, 5.74) is 1.06. The zero-order valence-electron chi connectivity index (χ0n) is 12.7. The highest BCUT2D eigenvalue weighted by Crippen LogP contribution is 2.32. The van der Waals surface area contributed by atoms with E-state index in [4.69, 9.17) is 9.47 Å². The molecule has 22 heavy (non-hydrogen) atoms. The van der Waals surface area contributed by atoms with Gasteiger partial charge in [0.2, 0.25) is 12.7 Å². The topological polar surface area (TPSA) is 81.2 Å².